The molecule has 2 N–H and O–H groups in total. The fourth-order valence-electron chi connectivity index (χ4n) is 4.83. The third kappa shape index (κ3) is 2.26. The quantitative estimate of drug-likeness (QED) is 0.754. The summed E-state index contributed by atoms with van der Waals surface area (Å²) in [4.78, 5) is 34.3. The van der Waals surface area contributed by atoms with Crippen LogP contribution in [-0.4, -0.2) is 22.9 Å². The number of imide groups is 1. The van der Waals surface area contributed by atoms with Crippen molar-refractivity contribution in [1.29, 1.82) is 0 Å². The van der Waals surface area contributed by atoms with Crippen molar-refractivity contribution >= 4 is 17.8 Å². The van der Waals surface area contributed by atoms with Gasteiger partial charge in [-0.2, -0.15) is 0 Å². The number of carbonyl (C=O) groups is 3. The van der Waals surface area contributed by atoms with E-state index in [4.69, 9.17) is 5.11 Å². The molecule has 0 saturated heterocycles. The van der Waals surface area contributed by atoms with Gasteiger partial charge < -0.3 is 5.11 Å². The van der Waals surface area contributed by atoms with E-state index < -0.39 is 18.3 Å². The van der Waals surface area contributed by atoms with Gasteiger partial charge >= 0.3 is 5.97 Å². The van der Waals surface area contributed by atoms with E-state index in [-0.39, 0.29) is 11.3 Å². The average molecular weight is 265 g/mol. The van der Waals surface area contributed by atoms with Crippen molar-refractivity contribution in [2.75, 3.05) is 0 Å². The molecule has 5 nitrogen and oxygen atoms in total. The van der Waals surface area contributed by atoms with Crippen LogP contribution in [0.3, 0.4) is 0 Å². The van der Waals surface area contributed by atoms with Crippen LogP contribution in [-0.2, 0) is 14.4 Å². The Kier molecular flexibility index (Phi) is 2.87. The van der Waals surface area contributed by atoms with Crippen molar-refractivity contribution in [2.24, 2.45) is 23.2 Å². The lowest BCUT2D eigenvalue weighted by Gasteiger charge is -2.55. The molecule has 5 heteroatoms. The summed E-state index contributed by atoms with van der Waals surface area (Å²) in [5.41, 5.74) is -0.386. The molecule has 0 aromatic carbocycles. The normalized spacial score (nSPS) is 39.1. The Morgan fingerprint density at radius 1 is 1.00 bits per heavy atom. The molecule has 4 bridgehead atoms. The molecule has 4 saturated carbocycles. The molecule has 0 aliphatic heterocycles. The first kappa shape index (κ1) is 12.6. The van der Waals surface area contributed by atoms with E-state index in [9.17, 15) is 14.4 Å². The Labute approximate surface area is 111 Å². The van der Waals surface area contributed by atoms with Gasteiger partial charge in [0, 0.05) is 0 Å². The van der Waals surface area contributed by atoms with Crippen molar-refractivity contribution in [3.05, 3.63) is 0 Å². The fourth-order valence-corrected chi connectivity index (χ4v) is 4.83. The average Bonchev–Trinajstić information content (AvgIpc) is 2.25. The van der Waals surface area contributed by atoms with Crippen molar-refractivity contribution in [3.63, 3.8) is 0 Å². The maximum atomic E-state index is 12.4. The number of carboxylic acid groups (broad SMARTS) is 1. The number of hydrogen-bond donors (Lipinski definition) is 2. The van der Waals surface area contributed by atoms with E-state index in [1.54, 1.807) is 0 Å². The second-order valence-corrected chi connectivity index (χ2v) is 6.65. The Morgan fingerprint density at radius 3 is 1.89 bits per heavy atom. The Hall–Kier alpha value is -1.39. The standard InChI is InChI=1S/C14H19NO4/c16-11(4-12(17)18)15-13(19)14-5-8-1-9(6-14)3-10(2-8)7-14/h8-10H,1-7H2,(H,17,18)(H,15,16,19). The lowest BCUT2D eigenvalue weighted by molar-refractivity contribution is -0.150. The van der Waals surface area contributed by atoms with Gasteiger partial charge in [-0.1, -0.05) is 0 Å². The molecule has 4 aliphatic rings. The number of carboxylic acids is 1. The van der Waals surface area contributed by atoms with Gasteiger partial charge in [0.15, 0.2) is 0 Å². The van der Waals surface area contributed by atoms with Crippen molar-refractivity contribution in [1.82, 2.24) is 5.32 Å². The maximum Gasteiger partial charge on any atom is 0.312 e. The zero-order valence-corrected chi connectivity index (χ0v) is 10.9. The molecule has 0 atom stereocenters. The summed E-state index contributed by atoms with van der Waals surface area (Å²) in [5, 5.41) is 10.9. The molecule has 0 aromatic rings. The lowest BCUT2D eigenvalue weighted by atomic mass is 9.49. The van der Waals surface area contributed by atoms with E-state index in [0.717, 1.165) is 19.3 Å². The molecule has 2 amide bonds. The maximum absolute atomic E-state index is 12.4. The zero-order chi connectivity index (χ0) is 13.6. The Balaban J connectivity index is 1.69. The molecule has 4 rings (SSSR count). The van der Waals surface area contributed by atoms with Gasteiger partial charge in [0.05, 0.1) is 5.41 Å². The molecular weight excluding hydrogens is 246 g/mol. The highest BCUT2D eigenvalue weighted by atomic mass is 16.4. The number of rotatable bonds is 3. The van der Waals surface area contributed by atoms with Crippen LogP contribution in [0.1, 0.15) is 44.9 Å². The second kappa shape index (κ2) is 4.32. The molecular formula is C14H19NO4. The summed E-state index contributed by atoms with van der Waals surface area (Å²) in [6.45, 7) is 0. The minimum atomic E-state index is -1.20. The predicted octanol–water partition coefficient (Wildman–Crippen LogP) is 1.32. The highest BCUT2D eigenvalue weighted by molar-refractivity contribution is 6.03. The summed E-state index contributed by atoms with van der Waals surface area (Å²) >= 11 is 0. The van der Waals surface area contributed by atoms with Gasteiger partial charge in [0.2, 0.25) is 11.8 Å². The van der Waals surface area contributed by atoms with Gasteiger partial charge in [0.1, 0.15) is 6.42 Å². The lowest BCUT2D eigenvalue weighted by Crippen LogP contribution is -2.54. The number of amides is 2. The van der Waals surface area contributed by atoms with Crippen molar-refractivity contribution in [2.45, 2.75) is 44.9 Å². The van der Waals surface area contributed by atoms with Gasteiger partial charge in [-0.25, -0.2) is 0 Å². The van der Waals surface area contributed by atoms with E-state index in [1.165, 1.54) is 19.3 Å². The molecule has 0 aromatic heterocycles. The predicted molar refractivity (Wildman–Crippen MR) is 66.0 cm³/mol. The first-order chi connectivity index (χ1) is 8.97. The monoisotopic (exact) mass is 265 g/mol. The molecule has 0 heterocycles. The molecule has 4 aliphatic carbocycles. The number of nitrogens with one attached hydrogen (secondary N) is 1. The summed E-state index contributed by atoms with van der Waals surface area (Å²) in [5.74, 6) is -0.216. The van der Waals surface area contributed by atoms with Crippen LogP contribution in [0.25, 0.3) is 0 Å². The van der Waals surface area contributed by atoms with Crippen LogP contribution in [0.2, 0.25) is 0 Å². The van der Waals surface area contributed by atoms with Crippen LogP contribution in [0.4, 0.5) is 0 Å². The summed E-state index contributed by atoms with van der Waals surface area (Å²) in [7, 11) is 0. The van der Waals surface area contributed by atoms with E-state index in [1.807, 2.05) is 0 Å². The first-order valence-corrected chi connectivity index (χ1v) is 7.03. The molecule has 0 spiro atoms. The van der Waals surface area contributed by atoms with Crippen LogP contribution < -0.4 is 5.32 Å². The fraction of sp³-hybridized carbons (Fsp3) is 0.786. The Bertz CT molecular complexity index is 407. The number of carbonyl (C=O) groups excluding carboxylic acids is 2. The topological polar surface area (TPSA) is 83.5 Å². The van der Waals surface area contributed by atoms with Gasteiger partial charge in [-0.05, 0) is 56.3 Å². The molecule has 19 heavy (non-hydrogen) atoms. The minimum Gasteiger partial charge on any atom is -0.481 e. The summed E-state index contributed by atoms with van der Waals surface area (Å²) in [6.07, 6.45) is 5.71. The van der Waals surface area contributed by atoms with Gasteiger partial charge in [-0.3, -0.25) is 19.7 Å². The molecule has 104 valence electrons. The van der Waals surface area contributed by atoms with Crippen LogP contribution >= 0.6 is 0 Å². The van der Waals surface area contributed by atoms with E-state index in [2.05, 4.69) is 5.32 Å². The highest BCUT2D eigenvalue weighted by Gasteiger charge is 2.54. The van der Waals surface area contributed by atoms with E-state index >= 15 is 0 Å². The third-order valence-corrected chi connectivity index (χ3v) is 5.08. The largest absolute Gasteiger partial charge is 0.481 e. The van der Waals surface area contributed by atoms with Gasteiger partial charge in [0.25, 0.3) is 0 Å². The molecule has 4 fully saturated rings. The van der Waals surface area contributed by atoms with Crippen LogP contribution in [0.15, 0.2) is 0 Å². The van der Waals surface area contributed by atoms with Crippen molar-refractivity contribution < 1.29 is 19.5 Å². The minimum absolute atomic E-state index is 0.224. The molecule has 0 radical (unpaired) electrons. The summed E-state index contributed by atoms with van der Waals surface area (Å²) < 4.78 is 0. The Morgan fingerprint density at radius 2 is 1.47 bits per heavy atom. The number of aliphatic carboxylic acids is 1. The zero-order valence-electron chi connectivity index (χ0n) is 10.9. The van der Waals surface area contributed by atoms with Crippen LogP contribution in [0, 0.1) is 23.2 Å². The number of hydrogen-bond acceptors (Lipinski definition) is 3. The first-order valence-electron chi connectivity index (χ1n) is 7.03. The van der Waals surface area contributed by atoms with Crippen LogP contribution in [0.5, 0.6) is 0 Å². The second-order valence-electron chi connectivity index (χ2n) is 6.65. The third-order valence-electron chi connectivity index (χ3n) is 5.08. The SMILES string of the molecule is O=C(O)CC(=O)NC(=O)C12CC3CC(CC(C3)C1)C2. The van der Waals surface area contributed by atoms with E-state index in [0.29, 0.717) is 17.8 Å². The van der Waals surface area contributed by atoms with Crippen molar-refractivity contribution in [3.8, 4) is 0 Å². The highest BCUT2D eigenvalue weighted by Crippen LogP contribution is 2.60. The smallest absolute Gasteiger partial charge is 0.312 e. The van der Waals surface area contributed by atoms with Gasteiger partial charge in [-0.15, -0.1) is 0 Å². The summed E-state index contributed by atoms with van der Waals surface area (Å²) in [6, 6.07) is 0. The molecule has 0 unspecified atom stereocenters.